The SMILES string of the molecule is CCC(CC)C(C)NCc1cc(F)ccc1O. The monoisotopic (exact) mass is 239 g/mol. The second-order valence-electron chi connectivity index (χ2n) is 4.52. The minimum absolute atomic E-state index is 0.149. The summed E-state index contributed by atoms with van der Waals surface area (Å²) in [5, 5.41) is 12.9. The molecule has 0 saturated heterocycles. The Morgan fingerprint density at radius 1 is 1.29 bits per heavy atom. The standard InChI is InChI=1S/C14H22FNO/c1-4-11(5-2)10(3)16-9-12-8-13(15)6-7-14(12)17/h6-8,10-11,16-17H,4-5,9H2,1-3H3. The first-order valence-electron chi connectivity index (χ1n) is 6.29. The van der Waals surface area contributed by atoms with Gasteiger partial charge in [0.2, 0.25) is 0 Å². The van der Waals surface area contributed by atoms with Gasteiger partial charge in [0.05, 0.1) is 0 Å². The van der Waals surface area contributed by atoms with Crippen molar-refractivity contribution in [3.05, 3.63) is 29.6 Å². The maximum absolute atomic E-state index is 13.0. The second kappa shape index (κ2) is 6.60. The van der Waals surface area contributed by atoms with Gasteiger partial charge in [-0.3, -0.25) is 0 Å². The summed E-state index contributed by atoms with van der Waals surface area (Å²) in [6.07, 6.45) is 2.25. The number of rotatable bonds is 6. The van der Waals surface area contributed by atoms with Crippen LogP contribution in [0.3, 0.4) is 0 Å². The Bertz CT molecular complexity index is 350. The Morgan fingerprint density at radius 3 is 2.53 bits per heavy atom. The third kappa shape index (κ3) is 4.00. The Labute approximate surface area is 103 Å². The van der Waals surface area contributed by atoms with Gasteiger partial charge >= 0.3 is 0 Å². The van der Waals surface area contributed by atoms with Crippen molar-refractivity contribution < 1.29 is 9.50 Å². The Hall–Kier alpha value is -1.09. The van der Waals surface area contributed by atoms with Crippen LogP contribution >= 0.6 is 0 Å². The van der Waals surface area contributed by atoms with Gasteiger partial charge in [-0.05, 0) is 31.0 Å². The highest BCUT2D eigenvalue weighted by Gasteiger charge is 2.13. The van der Waals surface area contributed by atoms with Crippen LogP contribution in [0.4, 0.5) is 4.39 Å². The van der Waals surface area contributed by atoms with E-state index in [1.54, 1.807) is 0 Å². The molecule has 0 fully saturated rings. The summed E-state index contributed by atoms with van der Waals surface area (Å²) in [6.45, 7) is 6.98. The normalized spacial score (nSPS) is 13.0. The number of aromatic hydroxyl groups is 1. The number of halogens is 1. The van der Waals surface area contributed by atoms with Gasteiger partial charge in [-0.25, -0.2) is 4.39 Å². The molecule has 3 heteroatoms. The summed E-state index contributed by atoms with van der Waals surface area (Å²) < 4.78 is 13.0. The molecule has 0 radical (unpaired) electrons. The number of benzene rings is 1. The van der Waals surface area contributed by atoms with Crippen molar-refractivity contribution in [1.29, 1.82) is 0 Å². The summed E-state index contributed by atoms with van der Waals surface area (Å²) in [5.74, 6) is 0.455. The topological polar surface area (TPSA) is 32.3 Å². The van der Waals surface area contributed by atoms with Crippen LogP contribution in [0.5, 0.6) is 5.75 Å². The molecule has 1 aromatic carbocycles. The van der Waals surface area contributed by atoms with Crippen LogP contribution in [0.1, 0.15) is 39.2 Å². The molecule has 0 saturated carbocycles. The zero-order chi connectivity index (χ0) is 12.8. The molecule has 1 aromatic rings. The lowest BCUT2D eigenvalue weighted by molar-refractivity contribution is 0.350. The van der Waals surface area contributed by atoms with Crippen molar-refractivity contribution in [2.24, 2.45) is 5.92 Å². The smallest absolute Gasteiger partial charge is 0.123 e. The zero-order valence-corrected chi connectivity index (χ0v) is 10.8. The molecular formula is C14H22FNO. The fourth-order valence-corrected chi connectivity index (χ4v) is 2.13. The van der Waals surface area contributed by atoms with E-state index in [1.165, 1.54) is 18.2 Å². The molecule has 1 unspecified atom stereocenters. The second-order valence-corrected chi connectivity index (χ2v) is 4.52. The summed E-state index contributed by atoms with van der Waals surface area (Å²) >= 11 is 0. The summed E-state index contributed by atoms with van der Waals surface area (Å²) in [7, 11) is 0. The van der Waals surface area contributed by atoms with E-state index >= 15 is 0 Å². The first-order valence-corrected chi connectivity index (χ1v) is 6.29. The lowest BCUT2D eigenvalue weighted by Crippen LogP contribution is -2.32. The molecule has 96 valence electrons. The van der Waals surface area contributed by atoms with Gasteiger partial charge in [-0.2, -0.15) is 0 Å². The third-order valence-corrected chi connectivity index (χ3v) is 3.41. The summed E-state index contributed by atoms with van der Waals surface area (Å²) in [4.78, 5) is 0. The van der Waals surface area contributed by atoms with Crippen LogP contribution in [0, 0.1) is 11.7 Å². The molecule has 0 aromatic heterocycles. The Kier molecular flexibility index (Phi) is 5.42. The molecule has 0 bridgehead atoms. The third-order valence-electron chi connectivity index (χ3n) is 3.41. The van der Waals surface area contributed by atoms with E-state index < -0.39 is 0 Å². The Morgan fingerprint density at radius 2 is 1.94 bits per heavy atom. The number of hydrogen-bond acceptors (Lipinski definition) is 2. The molecule has 0 spiro atoms. The molecule has 1 rings (SSSR count). The van der Waals surface area contributed by atoms with E-state index in [0.717, 1.165) is 12.8 Å². The van der Waals surface area contributed by atoms with E-state index in [0.29, 0.717) is 24.1 Å². The molecule has 0 aliphatic heterocycles. The first kappa shape index (κ1) is 14.0. The van der Waals surface area contributed by atoms with E-state index in [-0.39, 0.29) is 11.6 Å². The lowest BCUT2D eigenvalue weighted by Gasteiger charge is -2.22. The maximum Gasteiger partial charge on any atom is 0.123 e. The van der Waals surface area contributed by atoms with Gasteiger partial charge in [-0.1, -0.05) is 26.7 Å². The first-order chi connectivity index (χ1) is 8.08. The lowest BCUT2D eigenvalue weighted by atomic mass is 9.95. The van der Waals surface area contributed by atoms with Gasteiger partial charge in [-0.15, -0.1) is 0 Å². The van der Waals surface area contributed by atoms with Crippen molar-refractivity contribution in [2.75, 3.05) is 0 Å². The predicted molar refractivity (Wildman–Crippen MR) is 68.4 cm³/mol. The molecule has 2 N–H and O–H groups in total. The molecule has 0 aliphatic carbocycles. The highest BCUT2D eigenvalue weighted by molar-refractivity contribution is 5.32. The predicted octanol–water partition coefficient (Wildman–Crippen LogP) is 3.45. The maximum atomic E-state index is 13.0. The summed E-state index contributed by atoms with van der Waals surface area (Å²) in [6, 6.07) is 4.41. The van der Waals surface area contributed by atoms with Gasteiger partial charge in [0, 0.05) is 18.2 Å². The number of phenolic OH excluding ortho intramolecular Hbond substituents is 1. The minimum Gasteiger partial charge on any atom is -0.508 e. The average Bonchev–Trinajstić information content (AvgIpc) is 2.32. The van der Waals surface area contributed by atoms with E-state index in [9.17, 15) is 9.50 Å². The van der Waals surface area contributed by atoms with Crippen molar-refractivity contribution in [3.8, 4) is 5.75 Å². The van der Waals surface area contributed by atoms with E-state index in [4.69, 9.17) is 0 Å². The van der Waals surface area contributed by atoms with Crippen LogP contribution in [-0.4, -0.2) is 11.1 Å². The van der Waals surface area contributed by atoms with E-state index in [2.05, 4.69) is 26.1 Å². The van der Waals surface area contributed by atoms with Crippen molar-refractivity contribution in [1.82, 2.24) is 5.32 Å². The quantitative estimate of drug-likeness (QED) is 0.797. The molecule has 17 heavy (non-hydrogen) atoms. The average molecular weight is 239 g/mol. The van der Waals surface area contributed by atoms with Crippen molar-refractivity contribution >= 4 is 0 Å². The van der Waals surface area contributed by atoms with Crippen LogP contribution in [0.2, 0.25) is 0 Å². The molecule has 1 atom stereocenters. The van der Waals surface area contributed by atoms with Gasteiger partial charge < -0.3 is 10.4 Å². The number of nitrogens with one attached hydrogen (secondary N) is 1. The van der Waals surface area contributed by atoms with E-state index in [1.807, 2.05) is 0 Å². The van der Waals surface area contributed by atoms with Gasteiger partial charge in [0.1, 0.15) is 11.6 Å². The molecule has 0 aliphatic rings. The highest BCUT2D eigenvalue weighted by atomic mass is 19.1. The van der Waals surface area contributed by atoms with Crippen molar-refractivity contribution in [2.45, 2.75) is 46.2 Å². The van der Waals surface area contributed by atoms with Crippen molar-refractivity contribution in [3.63, 3.8) is 0 Å². The Balaban J connectivity index is 2.57. The molecular weight excluding hydrogens is 217 g/mol. The molecule has 0 amide bonds. The fraction of sp³-hybridized carbons (Fsp3) is 0.571. The van der Waals surface area contributed by atoms with Crippen LogP contribution < -0.4 is 5.32 Å². The highest BCUT2D eigenvalue weighted by Crippen LogP contribution is 2.19. The zero-order valence-electron chi connectivity index (χ0n) is 10.8. The van der Waals surface area contributed by atoms with Crippen LogP contribution in [0.15, 0.2) is 18.2 Å². The van der Waals surface area contributed by atoms with Crippen LogP contribution in [-0.2, 0) is 6.54 Å². The van der Waals surface area contributed by atoms with Gasteiger partial charge in [0.25, 0.3) is 0 Å². The van der Waals surface area contributed by atoms with Gasteiger partial charge in [0.15, 0.2) is 0 Å². The molecule has 0 heterocycles. The number of hydrogen-bond donors (Lipinski definition) is 2. The minimum atomic E-state index is -0.310. The fourth-order valence-electron chi connectivity index (χ4n) is 2.13. The molecule has 2 nitrogen and oxygen atoms in total. The largest absolute Gasteiger partial charge is 0.508 e. The summed E-state index contributed by atoms with van der Waals surface area (Å²) in [5.41, 5.74) is 0.614. The number of phenols is 1. The van der Waals surface area contributed by atoms with Crippen LogP contribution in [0.25, 0.3) is 0 Å².